The Labute approximate surface area is 174 Å². The summed E-state index contributed by atoms with van der Waals surface area (Å²) in [5.74, 6) is -0.959. The van der Waals surface area contributed by atoms with Crippen molar-refractivity contribution in [3.05, 3.63) is 42.2 Å². The molecule has 0 aliphatic carbocycles. The average Bonchev–Trinajstić information content (AvgIpc) is 3.18. The number of hydrogen-bond donors (Lipinski definition) is 1. The minimum Gasteiger partial charge on any atom is -0.355 e. The standard InChI is InChI=1S/C19H19F3N6OS/c1-30-14-4-2-13(3-5-14)23-17(29)12-8-10-27(11-9-12)16-7-6-15-24-25-18(19(20,21)22)28(15)26-16/h2-7,12H,8-11H2,1H3,(H,23,29). The summed E-state index contributed by atoms with van der Waals surface area (Å²) < 4.78 is 39.9. The van der Waals surface area contributed by atoms with Gasteiger partial charge in [-0.1, -0.05) is 0 Å². The highest BCUT2D eigenvalue weighted by Gasteiger charge is 2.38. The Bertz CT molecular complexity index is 1040. The smallest absolute Gasteiger partial charge is 0.355 e. The van der Waals surface area contributed by atoms with E-state index in [0.29, 0.717) is 36.3 Å². The normalized spacial score (nSPS) is 15.5. The maximum absolute atomic E-state index is 13.1. The Morgan fingerprint density at radius 1 is 1.10 bits per heavy atom. The van der Waals surface area contributed by atoms with Gasteiger partial charge in [0.25, 0.3) is 5.82 Å². The average molecular weight is 436 g/mol. The predicted octanol–water partition coefficient (Wildman–Crippen LogP) is 3.72. The molecule has 158 valence electrons. The van der Waals surface area contributed by atoms with E-state index in [9.17, 15) is 18.0 Å². The maximum Gasteiger partial charge on any atom is 0.453 e. The number of amides is 1. The molecular weight excluding hydrogens is 417 g/mol. The van der Waals surface area contributed by atoms with Crippen LogP contribution in [0.4, 0.5) is 24.7 Å². The molecule has 0 atom stereocenters. The molecule has 1 aliphatic rings. The molecule has 0 saturated carbocycles. The van der Waals surface area contributed by atoms with Crippen LogP contribution in [0.3, 0.4) is 0 Å². The Kier molecular flexibility index (Phi) is 5.54. The molecule has 0 spiro atoms. The Hall–Kier alpha value is -2.82. The van der Waals surface area contributed by atoms with Gasteiger partial charge in [-0.15, -0.1) is 27.1 Å². The lowest BCUT2D eigenvalue weighted by molar-refractivity contribution is -0.146. The van der Waals surface area contributed by atoms with Gasteiger partial charge in [0.15, 0.2) is 5.65 Å². The van der Waals surface area contributed by atoms with E-state index in [1.807, 2.05) is 35.4 Å². The summed E-state index contributed by atoms with van der Waals surface area (Å²) in [5, 5.41) is 13.7. The van der Waals surface area contributed by atoms with Crippen LogP contribution in [0.2, 0.25) is 0 Å². The van der Waals surface area contributed by atoms with Gasteiger partial charge in [0.2, 0.25) is 5.91 Å². The van der Waals surface area contributed by atoms with Crippen LogP contribution in [0.5, 0.6) is 0 Å². The lowest BCUT2D eigenvalue weighted by Gasteiger charge is -2.32. The number of carbonyl (C=O) groups excluding carboxylic acids is 1. The van der Waals surface area contributed by atoms with Crippen LogP contribution < -0.4 is 10.2 Å². The number of hydrogen-bond acceptors (Lipinski definition) is 6. The number of fused-ring (bicyclic) bond motifs is 1. The molecule has 1 amide bonds. The maximum atomic E-state index is 13.1. The van der Waals surface area contributed by atoms with Gasteiger partial charge in [0.05, 0.1) is 0 Å². The fourth-order valence-corrected chi connectivity index (χ4v) is 3.82. The zero-order valence-electron chi connectivity index (χ0n) is 16.1. The van der Waals surface area contributed by atoms with Crippen molar-refractivity contribution in [1.82, 2.24) is 19.8 Å². The molecule has 2 aromatic heterocycles. The van der Waals surface area contributed by atoms with Crippen molar-refractivity contribution in [2.75, 3.05) is 29.6 Å². The fraction of sp³-hybridized carbons (Fsp3) is 0.368. The third-order valence-electron chi connectivity index (χ3n) is 5.05. The van der Waals surface area contributed by atoms with Crippen molar-refractivity contribution in [3.63, 3.8) is 0 Å². The van der Waals surface area contributed by atoms with Crippen molar-refractivity contribution in [1.29, 1.82) is 0 Å². The highest BCUT2D eigenvalue weighted by atomic mass is 32.2. The number of piperidine rings is 1. The molecule has 0 bridgehead atoms. The zero-order chi connectivity index (χ0) is 21.3. The Morgan fingerprint density at radius 2 is 1.80 bits per heavy atom. The van der Waals surface area contributed by atoms with Crippen LogP contribution in [-0.2, 0) is 11.0 Å². The van der Waals surface area contributed by atoms with Crippen LogP contribution in [0, 0.1) is 5.92 Å². The van der Waals surface area contributed by atoms with Crippen molar-refractivity contribution >= 4 is 34.8 Å². The summed E-state index contributed by atoms with van der Waals surface area (Å²) in [6, 6.07) is 10.7. The van der Waals surface area contributed by atoms with Gasteiger partial charge in [-0.2, -0.15) is 17.7 Å². The van der Waals surface area contributed by atoms with Gasteiger partial charge in [-0.25, -0.2) is 0 Å². The summed E-state index contributed by atoms with van der Waals surface area (Å²) >= 11 is 1.63. The zero-order valence-corrected chi connectivity index (χ0v) is 16.9. The van der Waals surface area contributed by atoms with E-state index in [-0.39, 0.29) is 17.5 Å². The number of carbonyl (C=O) groups is 1. The van der Waals surface area contributed by atoms with E-state index >= 15 is 0 Å². The summed E-state index contributed by atoms with van der Waals surface area (Å²) in [5.41, 5.74) is 0.785. The number of thioether (sulfide) groups is 1. The number of nitrogens with zero attached hydrogens (tertiary/aromatic N) is 5. The minimum atomic E-state index is -4.63. The molecule has 3 aromatic rings. The van der Waals surface area contributed by atoms with E-state index < -0.39 is 12.0 Å². The molecule has 1 saturated heterocycles. The quantitative estimate of drug-likeness (QED) is 0.629. The Morgan fingerprint density at radius 3 is 2.43 bits per heavy atom. The van der Waals surface area contributed by atoms with E-state index in [2.05, 4.69) is 20.6 Å². The second kappa shape index (κ2) is 8.13. The number of nitrogens with one attached hydrogen (secondary N) is 1. The lowest BCUT2D eigenvalue weighted by atomic mass is 9.96. The van der Waals surface area contributed by atoms with Crippen molar-refractivity contribution in [2.24, 2.45) is 5.92 Å². The largest absolute Gasteiger partial charge is 0.453 e. The summed E-state index contributed by atoms with van der Waals surface area (Å²) in [6.07, 6.45) is -1.48. The second-order valence-corrected chi connectivity index (χ2v) is 7.84. The number of anilines is 2. The molecule has 7 nitrogen and oxygen atoms in total. The molecule has 1 aliphatic heterocycles. The van der Waals surface area contributed by atoms with Crippen LogP contribution in [-0.4, -0.2) is 45.1 Å². The SMILES string of the molecule is CSc1ccc(NC(=O)C2CCN(c3ccc4nnc(C(F)(F)F)n4n3)CC2)cc1. The first-order valence-electron chi connectivity index (χ1n) is 9.34. The third kappa shape index (κ3) is 4.20. The molecular formula is C19H19F3N6OS. The summed E-state index contributed by atoms with van der Waals surface area (Å²) in [4.78, 5) is 15.6. The molecule has 1 N–H and O–H groups in total. The van der Waals surface area contributed by atoms with Crippen LogP contribution >= 0.6 is 11.8 Å². The molecule has 1 aromatic carbocycles. The molecule has 30 heavy (non-hydrogen) atoms. The monoisotopic (exact) mass is 436 g/mol. The number of halogens is 3. The third-order valence-corrected chi connectivity index (χ3v) is 5.79. The number of alkyl halides is 3. The van der Waals surface area contributed by atoms with Crippen LogP contribution in [0.1, 0.15) is 18.7 Å². The molecule has 1 fully saturated rings. The summed E-state index contributed by atoms with van der Waals surface area (Å²) in [7, 11) is 0. The van der Waals surface area contributed by atoms with Crippen LogP contribution in [0.25, 0.3) is 5.65 Å². The predicted molar refractivity (Wildman–Crippen MR) is 108 cm³/mol. The topological polar surface area (TPSA) is 75.4 Å². The first-order chi connectivity index (χ1) is 14.3. The number of rotatable bonds is 4. The summed E-state index contributed by atoms with van der Waals surface area (Å²) in [6.45, 7) is 1.04. The van der Waals surface area contributed by atoms with E-state index in [4.69, 9.17) is 0 Å². The lowest BCUT2D eigenvalue weighted by Crippen LogP contribution is -2.38. The highest BCUT2D eigenvalue weighted by molar-refractivity contribution is 7.98. The van der Waals surface area contributed by atoms with Crippen molar-refractivity contribution < 1.29 is 18.0 Å². The van der Waals surface area contributed by atoms with Gasteiger partial charge in [0, 0.05) is 29.6 Å². The van der Waals surface area contributed by atoms with Gasteiger partial charge >= 0.3 is 6.18 Å². The highest BCUT2D eigenvalue weighted by Crippen LogP contribution is 2.29. The number of benzene rings is 1. The van der Waals surface area contributed by atoms with E-state index in [1.54, 1.807) is 17.8 Å². The van der Waals surface area contributed by atoms with Gasteiger partial charge in [-0.05, 0) is 55.5 Å². The molecule has 4 rings (SSSR count). The fourth-order valence-electron chi connectivity index (χ4n) is 3.41. The van der Waals surface area contributed by atoms with E-state index in [0.717, 1.165) is 10.6 Å². The van der Waals surface area contributed by atoms with Gasteiger partial charge in [-0.3, -0.25) is 4.79 Å². The first kappa shape index (κ1) is 20.5. The van der Waals surface area contributed by atoms with Gasteiger partial charge < -0.3 is 10.2 Å². The molecule has 3 heterocycles. The van der Waals surface area contributed by atoms with E-state index in [1.165, 1.54) is 6.07 Å². The van der Waals surface area contributed by atoms with Crippen LogP contribution in [0.15, 0.2) is 41.3 Å². The minimum absolute atomic E-state index is 0.0350. The second-order valence-electron chi connectivity index (χ2n) is 6.96. The Balaban J connectivity index is 1.41. The van der Waals surface area contributed by atoms with Crippen molar-refractivity contribution in [2.45, 2.75) is 23.9 Å². The first-order valence-corrected chi connectivity index (χ1v) is 10.6. The molecule has 0 unspecified atom stereocenters. The number of aromatic nitrogens is 4. The van der Waals surface area contributed by atoms with Gasteiger partial charge in [0.1, 0.15) is 5.82 Å². The van der Waals surface area contributed by atoms with Crippen molar-refractivity contribution in [3.8, 4) is 0 Å². The molecule has 11 heteroatoms. The molecule has 0 radical (unpaired) electrons.